The van der Waals surface area contributed by atoms with E-state index in [4.69, 9.17) is 18.0 Å². The maximum Gasteiger partial charge on any atom is 0.233 e. The molecule has 21 heavy (non-hydrogen) atoms. The Balaban J connectivity index is 4.65. The van der Waals surface area contributed by atoms with Gasteiger partial charge in [-0.3, -0.25) is 4.79 Å². The predicted octanol–water partition coefficient (Wildman–Crippen LogP) is 2.71. The van der Waals surface area contributed by atoms with Crippen molar-refractivity contribution in [3.63, 3.8) is 0 Å². The van der Waals surface area contributed by atoms with Crippen LogP contribution >= 0.6 is 12.2 Å². The Morgan fingerprint density at radius 3 is 2.19 bits per heavy atom. The highest BCUT2D eigenvalue weighted by molar-refractivity contribution is 7.80. The van der Waals surface area contributed by atoms with Crippen molar-refractivity contribution >= 4 is 23.1 Å². The normalized spacial score (nSPS) is 13.2. The van der Waals surface area contributed by atoms with Crippen LogP contribution in [0.4, 0.5) is 0 Å². The molecule has 1 amide bonds. The molecule has 0 heterocycles. The number of amides is 1. The van der Waals surface area contributed by atoms with E-state index in [9.17, 15) is 4.79 Å². The SMILES string of the molecule is CCCC(CCC)(C(=O)NCCN(C)C(C)CC)C(N)=S. The van der Waals surface area contributed by atoms with Crippen LogP contribution in [-0.2, 0) is 4.79 Å². The number of nitrogens with one attached hydrogen (secondary N) is 1. The lowest BCUT2D eigenvalue weighted by Crippen LogP contribution is -2.50. The summed E-state index contributed by atoms with van der Waals surface area (Å²) < 4.78 is 0. The number of nitrogens with zero attached hydrogens (tertiary/aromatic N) is 1. The van der Waals surface area contributed by atoms with Crippen LogP contribution in [0.25, 0.3) is 0 Å². The van der Waals surface area contributed by atoms with E-state index in [1.807, 2.05) is 0 Å². The van der Waals surface area contributed by atoms with Crippen LogP contribution in [0.2, 0.25) is 0 Å². The van der Waals surface area contributed by atoms with Crippen LogP contribution in [0.15, 0.2) is 0 Å². The molecule has 0 aromatic heterocycles. The fourth-order valence-electron chi connectivity index (χ4n) is 2.61. The van der Waals surface area contributed by atoms with Gasteiger partial charge in [-0.1, -0.05) is 45.8 Å². The Labute approximate surface area is 135 Å². The summed E-state index contributed by atoms with van der Waals surface area (Å²) in [4.78, 5) is 15.2. The van der Waals surface area contributed by atoms with E-state index in [0.717, 1.165) is 38.6 Å². The van der Waals surface area contributed by atoms with E-state index in [-0.39, 0.29) is 5.91 Å². The second-order valence-electron chi connectivity index (χ2n) is 5.94. The maximum absolute atomic E-state index is 12.6. The molecule has 0 aromatic carbocycles. The number of thiocarbonyl (C=S) groups is 1. The summed E-state index contributed by atoms with van der Waals surface area (Å²) in [6.45, 7) is 9.96. The van der Waals surface area contributed by atoms with Gasteiger partial charge in [0.25, 0.3) is 0 Å². The molecule has 3 N–H and O–H groups in total. The standard InChI is InChI=1S/C16H33N3OS/c1-6-9-16(10-7-2,14(17)21)15(20)18-11-12-19(5)13(4)8-3/h13H,6-12H2,1-5H3,(H2,17,21)(H,18,20). The van der Waals surface area contributed by atoms with E-state index in [2.05, 4.69) is 45.0 Å². The Hall–Kier alpha value is -0.680. The van der Waals surface area contributed by atoms with Crippen LogP contribution in [0.1, 0.15) is 59.8 Å². The van der Waals surface area contributed by atoms with Crippen LogP contribution in [0, 0.1) is 5.41 Å². The molecule has 0 aliphatic heterocycles. The van der Waals surface area contributed by atoms with Crippen molar-refractivity contribution in [2.45, 2.75) is 65.8 Å². The van der Waals surface area contributed by atoms with Crippen molar-refractivity contribution in [2.75, 3.05) is 20.1 Å². The lowest BCUT2D eigenvalue weighted by Gasteiger charge is -2.31. The third-order valence-electron chi connectivity index (χ3n) is 4.35. The molecule has 0 aliphatic carbocycles. The summed E-state index contributed by atoms with van der Waals surface area (Å²) in [5.74, 6) is -0.00347. The lowest BCUT2D eigenvalue weighted by atomic mass is 9.78. The summed E-state index contributed by atoms with van der Waals surface area (Å²) >= 11 is 5.21. The predicted molar refractivity (Wildman–Crippen MR) is 94.4 cm³/mol. The lowest BCUT2D eigenvalue weighted by molar-refractivity contribution is -0.128. The Bertz CT molecular complexity index is 327. The molecule has 4 nitrogen and oxygen atoms in total. The average molecular weight is 316 g/mol. The van der Waals surface area contributed by atoms with Gasteiger partial charge in [0.05, 0.1) is 10.4 Å². The number of hydrogen-bond donors (Lipinski definition) is 2. The van der Waals surface area contributed by atoms with Crippen LogP contribution < -0.4 is 11.1 Å². The first-order chi connectivity index (χ1) is 9.85. The Morgan fingerprint density at radius 1 is 1.29 bits per heavy atom. The molecule has 0 aliphatic rings. The van der Waals surface area contributed by atoms with Gasteiger partial charge >= 0.3 is 0 Å². The summed E-state index contributed by atoms with van der Waals surface area (Å²) in [6, 6.07) is 0.522. The molecule has 0 fully saturated rings. The topological polar surface area (TPSA) is 58.4 Å². The molecule has 5 heteroatoms. The second kappa shape index (κ2) is 10.1. The van der Waals surface area contributed by atoms with Crippen LogP contribution in [0.3, 0.4) is 0 Å². The van der Waals surface area contributed by atoms with Gasteiger partial charge in [-0.05, 0) is 33.2 Å². The molecule has 0 bridgehead atoms. The van der Waals surface area contributed by atoms with E-state index in [1.165, 1.54) is 0 Å². The largest absolute Gasteiger partial charge is 0.392 e. The fraction of sp³-hybridized carbons (Fsp3) is 0.875. The summed E-state index contributed by atoms with van der Waals surface area (Å²) in [6.07, 6.45) is 4.36. The molecule has 0 rings (SSSR count). The molecule has 0 aromatic rings. The number of likely N-dealkylation sites (N-methyl/N-ethyl adjacent to an activating group) is 1. The average Bonchev–Trinajstić information content (AvgIpc) is 2.45. The van der Waals surface area contributed by atoms with Gasteiger partial charge in [-0.2, -0.15) is 0 Å². The zero-order chi connectivity index (χ0) is 16.5. The highest BCUT2D eigenvalue weighted by Gasteiger charge is 2.39. The van der Waals surface area contributed by atoms with Crippen LogP contribution in [-0.4, -0.2) is 42.0 Å². The van der Waals surface area contributed by atoms with Gasteiger partial charge in [0.1, 0.15) is 0 Å². The van der Waals surface area contributed by atoms with Crippen molar-refractivity contribution in [1.29, 1.82) is 0 Å². The van der Waals surface area contributed by atoms with Gasteiger partial charge in [-0.25, -0.2) is 0 Å². The van der Waals surface area contributed by atoms with E-state index in [1.54, 1.807) is 0 Å². The van der Waals surface area contributed by atoms with Crippen molar-refractivity contribution < 1.29 is 4.79 Å². The number of rotatable bonds is 11. The number of hydrogen-bond acceptors (Lipinski definition) is 3. The first-order valence-corrected chi connectivity index (χ1v) is 8.54. The van der Waals surface area contributed by atoms with Gasteiger partial charge in [-0.15, -0.1) is 0 Å². The zero-order valence-electron chi connectivity index (χ0n) is 14.4. The molecule has 1 unspecified atom stereocenters. The molecule has 1 atom stereocenters. The molecule has 0 spiro atoms. The summed E-state index contributed by atoms with van der Waals surface area (Å²) in [7, 11) is 2.08. The van der Waals surface area contributed by atoms with Gasteiger partial charge in [0, 0.05) is 19.1 Å². The van der Waals surface area contributed by atoms with Crippen molar-refractivity contribution in [1.82, 2.24) is 10.2 Å². The minimum absolute atomic E-state index is 0.00347. The number of carbonyl (C=O) groups is 1. The highest BCUT2D eigenvalue weighted by Crippen LogP contribution is 2.30. The molecule has 0 radical (unpaired) electrons. The Morgan fingerprint density at radius 2 is 1.81 bits per heavy atom. The first-order valence-electron chi connectivity index (χ1n) is 8.14. The van der Waals surface area contributed by atoms with E-state index < -0.39 is 5.41 Å². The van der Waals surface area contributed by atoms with E-state index in [0.29, 0.717) is 17.6 Å². The minimum atomic E-state index is -0.673. The summed E-state index contributed by atoms with van der Waals surface area (Å²) in [5.41, 5.74) is 5.23. The molecule has 0 saturated carbocycles. The zero-order valence-corrected chi connectivity index (χ0v) is 15.2. The molecular formula is C16H33N3OS. The van der Waals surface area contributed by atoms with Gasteiger partial charge in [0.15, 0.2) is 0 Å². The number of carbonyl (C=O) groups excluding carboxylic acids is 1. The monoisotopic (exact) mass is 315 g/mol. The van der Waals surface area contributed by atoms with E-state index >= 15 is 0 Å². The fourth-order valence-corrected chi connectivity index (χ4v) is 2.91. The van der Waals surface area contributed by atoms with Crippen molar-refractivity contribution in [3.8, 4) is 0 Å². The Kier molecular flexibility index (Phi) is 9.79. The minimum Gasteiger partial charge on any atom is -0.392 e. The third-order valence-corrected chi connectivity index (χ3v) is 4.74. The summed E-state index contributed by atoms with van der Waals surface area (Å²) in [5, 5.41) is 3.04. The number of nitrogens with two attached hydrogens (primary N) is 1. The smallest absolute Gasteiger partial charge is 0.233 e. The molecule has 0 saturated heterocycles. The maximum atomic E-state index is 12.6. The quantitative estimate of drug-likeness (QED) is 0.576. The van der Waals surface area contributed by atoms with Gasteiger partial charge < -0.3 is 16.0 Å². The second-order valence-corrected chi connectivity index (χ2v) is 6.38. The van der Waals surface area contributed by atoms with Crippen LogP contribution in [0.5, 0.6) is 0 Å². The van der Waals surface area contributed by atoms with Crippen molar-refractivity contribution in [2.24, 2.45) is 11.1 Å². The first kappa shape index (κ1) is 20.3. The van der Waals surface area contributed by atoms with Gasteiger partial charge in [0.2, 0.25) is 5.91 Å². The van der Waals surface area contributed by atoms with Crippen molar-refractivity contribution in [3.05, 3.63) is 0 Å². The molecule has 124 valence electrons. The highest BCUT2D eigenvalue weighted by atomic mass is 32.1. The molecular weight excluding hydrogens is 282 g/mol. The third kappa shape index (κ3) is 5.91.